The lowest BCUT2D eigenvalue weighted by molar-refractivity contribution is 0.00654. The van der Waals surface area contributed by atoms with Gasteiger partial charge in [0.25, 0.3) is 0 Å². The number of aliphatic hydroxyl groups excluding tert-OH is 1. The van der Waals surface area contributed by atoms with Crippen LogP contribution in [0.25, 0.3) is 0 Å². The van der Waals surface area contributed by atoms with Gasteiger partial charge < -0.3 is 5.11 Å². The molecule has 1 unspecified atom stereocenters. The second-order valence-electron chi connectivity index (χ2n) is 8.64. The van der Waals surface area contributed by atoms with Crippen molar-refractivity contribution in [1.82, 2.24) is 9.80 Å². The summed E-state index contributed by atoms with van der Waals surface area (Å²) in [5.74, 6) is 0.408. The van der Waals surface area contributed by atoms with Gasteiger partial charge in [-0.1, -0.05) is 54.6 Å². The SMILES string of the molecule is CN(C)C1(c2ccccc2)CCC(C(O)CN2Cc3ccccc3C2)CC1. The van der Waals surface area contributed by atoms with Crippen molar-refractivity contribution in [3.63, 3.8) is 0 Å². The average Bonchev–Trinajstić information content (AvgIpc) is 3.10. The minimum Gasteiger partial charge on any atom is -0.392 e. The zero-order valence-electron chi connectivity index (χ0n) is 16.6. The number of rotatable bonds is 5. The van der Waals surface area contributed by atoms with E-state index in [0.29, 0.717) is 5.92 Å². The summed E-state index contributed by atoms with van der Waals surface area (Å²) in [5.41, 5.74) is 4.37. The smallest absolute Gasteiger partial charge is 0.0695 e. The Bertz CT molecular complexity index is 725. The van der Waals surface area contributed by atoms with E-state index in [1.807, 2.05) is 0 Å². The first-order valence-corrected chi connectivity index (χ1v) is 10.3. The van der Waals surface area contributed by atoms with E-state index >= 15 is 0 Å². The Labute approximate surface area is 163 Å². The number of benzene rings is 2. The third kappa shape index (κ3) is 3.69. The van der Waals surface area contributed by atoms with Crippen molar-refractivity contribution in [3.8, 4) is 0 Å². The lowest BCUT2D eigenvalue weighted by atomic mass is 9.70. The van der Waals surface area contributed by atoms with Gasteiger partial charge in [0.15, 0.2) is 0 Å². The van der Waals surface area contributed by atoms with Crippen LogP contribution in [0.4, 0.5) is 0 Å². The normalized spacial score (nSPS) is 26.9. The molecule has 0 aromatic heterocycles. The molecule has 3 heteroatoms. The van der Waals surface area contributed by atoms with Gasteiger partial charge in [0.05, 0.1) is 6.10 Å². The van der Waals surface area contributed by atoms with Crippen LogP contribution >= 0.6 is 0 Å². The molecule has 1 heterocycles. The lowest BCUT2D eigenvalue weighted by Gasteiger charge is -2.46. The van der Waals surface area contributed by atoms with Crippen LogP contribution in [-0.4, -0.2) is 41.7 Å². The fourth-order valence-electron chi connectivity index (χ4n) is 5.19. The third-order valence-corrected chi connectivity index (χ3v) is 6.92. The van der Waals surface area contributed by atoms with Crippen LogP contribution < -0.4 is 0 Å². The maximum absolute atomic E-state index is 10.9. The molecule has 1 aliphatic heterocycles. The molecule has 0 amide bonds. The summed E-state index contributed by atoms with van der Waals surface area (Å²) >= 11 is 0. The lowest BCUT2D eigenvalue weighted by Crippen LogP contribution is -2.46. The first kappa shape index (κ1) is 18.7. The number of nitrogens with zero attached hydrogens (tertiary/aromatic N) is 2. The van der Waals surface area contributed by atoms with Gasteiger partial charge in [-0.15, -0.1) is 0 Å². The third-order valence-electron chi connectivity index (χ3n) is 6.92. The Morgan fingerprint density at radius 1 is 0.963 bits per heavy atom. The summed E-state index contributed by atoms with van der Waals surface area (Å²) in [4.78, 5) is 4.79. The second-order valence-corrected chi connectivity index (χ2v) is 8.64. The summed E-state index contributed by atoms with van der Waals surface area (Å²) in [5, 5.41) is 10.9. The van der Waals surface area contributed by atoms with Gasteiger partial charge in [-0.3, -0.25) is 9.80 Å². The molecule has 1 fully saturated rings. The maximum atomic E-state index is 10.9. The van der Waals surface area contributed by atoms with Crippen molar-refractivity contribution in [1.29, 1.82) is 0 Å². The molecule has 1 saturated carbocycles. The zero-order chi connectivity index (χ0) is 18.9. The van der Waals surface area contributed by atoms with Crippen molar-refractivity contribution in [3.05, 3.63) is 71.3 Å². The minimum atomic E-state index is -0.227. The minimum absolute atomic E-state index is 0.112. The van der Waals surface area contributed by atoms with E-state index in [2.05, 4.69) is 78.5 Å². The van der Waals surface area contributed by atoms with Crippen molar-refractivity contribution in [2.45, 2.75) is 50.4 Å². The fourth-order valence-corrected chi connectivity index (χ4v) is 5.19. The molecule has 144 valence electrons. The quantitative estimate of drug-likeness (QED) is 0.868. The molecule has 3 nitrogen and oxygen atoms in total. The van der Waals surface area contributed by atoms with Crippen LogP contribution in [0.3, 0.4) is 0 Å². The monoisotopic (exact) mass is 364 g/mol. The van der Waals surface area contributed by atoms with E-state index in [9.17, 15) is 5.11 Å². The molecule has 0 radical (unpaired) electrons. The molecule has 2 aliphatic rings. The standard InChI is InChI=1S/C24H32N2O/c1-25(2)24(22-10-4-3-5-11-22)14-12-19(13-15-24)23(27)18-26-16-20-8-6-7-9-21(20)17-26/h3-11,19,23,27H,12-18H2,1-2H3. The van der Waals surface area contributed by atoms with Gasteiger partial charge in [0.2, 0.25) is 0 Å². The van der Waals surface area contributed by atoms with Gasteiger partial charge in [-0.2, -0.15) is 0 Å². The molecule has 0 saturated heterocycles. The molecular weight excluding hydrogens is 332 g/mol. The Kier molecular flexibility index (Phi) is 5.36. The van der Waals surface area contributed by atoms with Crippen molar-refractivity contribution >= 4 is 0 Å². The van der Waals surface area contributed by atoms with Crippen LogP contribution in [0.5, 0.6) is 0 Å². The molecule has 27 heavy (non-hydrogen) atoms. The van der Waals surface area contributed by atoms with Crippen LogP contribution in [0.15, 0.2) is 54.6 Å². The van der Waals surface area contributed by atoms with E-state index in [4.69, 9.17) is 0 Å². The highest BCUT2D eigenvalue weighted by Crippen LogP contribution is 2.44. The van der Waals surface area contributed by atoms with Crippen molar-refractivity contribution in [2.75, 3.05) is 20.6 Å². The summed E-state index contributed by atoms with van der Waals surface area (Å²) < 4.78 is 0. The first-order chi connectivity index (χ1) is 13.1. The molecule has 1 atom stereocenters. The van der Waals surface area contributed by atoms with E-state index in [1.165, 1.54) is 16.7 Å². The largest absolute Gasteiger partial charge is 0.392 e. The number of hydrogen-bond donors (Lipinski definition) is 1. The average molecular weight is 365 g/mol. The Morgan fingerprint density at radius 2 is 1.52 bits per heavy atom. The fraction of sp³-hybridized carbons (Fsp3) is 0.500. The Morgan fingerprint density at radius 3 is 2.07 bits per heavy atom. The summed E-state index contributed by atoms with van der Waals surface area (Å²) in [6.07, 6.45) is 4.19. The van der Waals surface area contributed by atoms with E-state index in [1.54, 1.807) is 0 Å². The zero-order valence-corrected chi connectivity index (χ0v) is 16.6. The van der Waals surface area contributed by atoms with Crippen LogP contribution in [0.2, 0.25) is 0 Å². The number of β-amino-alcohol motifs (C(OH)–C–C–N with tert-alkyl or cyclic N) is 1. The van der Waals surface area contributed by atoms with Gasteiger partial charge in [-0.05, 0) is 62.4 Å². The highest BCUT2D eigenvalue weighted by molar-refractivity contribution is 5.30. The highest BCUT2D eigenvalue weighted by Gasteiger charge is 2.40. The molecule has 2 aromatic carbocycles. The summed E-state index contributed by atoms with van der Waals surface area (Å²) in [6.45, 7) is 2.75. The first-order valence-electron chi connectivity index (χ1n) is 10.3. The van der Waals surface area contributed by atoms with Gasteiger partial charge in [0.1, 0.15) is 0 Å². The second kappa shape index (κ2) is 7.75. The molecule has 2 aromatic rings. The number of aliphatic hydroxyl groups is 1. The van der Waals surface area contributed by atoms with Gasteiger partial charge in [0, 0.05) is 25.2 Å². The molecular formula is C24H32N2O. The summed E-state index contributed by atoms with van der Waals surface area (Å²) in [6, 6.07) is 19.6. The summed E-state index contributed by atoms with van der Waals surface area (Å²) in [7, 11) is 4.40. The Balaban J connectivity index is 1.37. The molecule has 4 rings (SSSR count). The molecule has 1 N–H and O–H groups in total. The topological polar surface area (TPSA) is 26.7 Å². The number of fused-ring (bicyclic) bond motifs is 1. The van der Waals surface area contributed by atoms with E-state index in [0.717, 1.165) is 45.3 Å². The van der Waals surface area contributed by atoms with Crippen molar-refractivity contribution < 1.29 is 5.11 Å². The Hall–Kier alpha value is -1.68. The van der Waals surface area contributed by atoms with E-state index < -0.39 is 0 Å². The predicted octanol–water partition coefficient (Wildman–Crippen LogP) is 4.01. The van der Waals surface area contributed by atoms with Gasteiger partial charge >= 0.3 is 0 Å². The van der Waals surface area contributed by atoms with E-state index in [-0.39, 0.29) is 11.6 Å². The van der Waals surface area contributed by atoms with Crippen LogP contribution in [0.1, 0.15) is 42.4 Å². The van der Waals surface area contributed by atoms with Crippen LogP contribution in [-0.2, 0) is 18.6 Å². The van der Waals surface area contributed by atoms with Gasteiger partial charge in [-0.25, -0.2) is 0 Å². The van der Waals surface area contributed by atoms with Crippen LogP contribution in [0, 0.1) is 5.92 Å². The maximum Gasteiger partial charge on any atom is 0.0695 e. The highest BCUT2D eigenvalue weighted by atomic mass is 16.3. The predicted molar refractivity (Wildman–Crippen MR) is 110 cm³/mol. The number of hydrogen-bond acceptors (Lipinski definition) is 3. The molecule has 1 aliphatic carbocycles. The molecule has 0 bridgehead atoms. The van der Waals surface area contributed by atoms with Crippen molar-refractivity contribution in [2.24, 2.45) is 5.92 Å². The molecule has 0 spiro atoms.